The highest BCUT2D eigenvalue weighted by atomic mass is 35.5. The number of aromatic nitrogens is 3. The number of nitrogens with zero attached hydrogens (tertiary/aromatic N) is 3. The molecule has 1 atom stereocenters. The molecule has 1 aromatic heterocycles. The van der Waals surface area contributed by atoms with Crippen LogP contribution in [0.15, 0.2) is 89.2 Å². The Morgan fingerprint density at radius 3 is 2.55 bits per heavy atom. The number of hydrogen-bond acceptors (Lipinski definition) is 7. The normalized spacial score (nSPS) is 14.4. The lowest BCUT2D eigenvalue weighted by molar-refractivity contribution is -0.140. The summed E-state index contributed by atoms with van der Waals surface area (Å²) in [6.07, 6.45) is 1.00. The van der Waals surface area contributed by atoms with Crippen LogP contribution < -0.4 is 10.1 Å². The fourth-order valence-electron chi connectivity index (χ4n) is 4.31. The van der Waals surface area contributed by atoms with Crippen LogP contribution in [-0.2, 0) is 22.7 Å². The molecule has 0 radical (unpaired) electrons. The summed E-state index contributed by atoms with van der Waals surface area (Å²) in [4.78, 5) is 18.2. The van der Waals surface area contributed by atoms with Crippen molar-refractivity contribution in [3.63, 3.8) is 0 Å². The Kier molecular flexibility index (Phi) is 8.99. The van der Waals surface area contributed by atoms with Crippen molar-refractivity contribution in [2.45, 2.75) is 44.7 Å². The molecule has 0 saturated carbocycles. The van der Waals surface area contributed by atoms with Crippen molar-refractivity contribution in [2.75, 3.05) is 11.1 Å². The molecule has 0 amide bonds. The number of anilines is 1. The number of nitrogens with one attached hydrogen (secondary N) is 1. The fraction of sp³-hybridized carbons (Fsp3) is 0.233. The third kappa shape index (κ3) is 6.46. The van der Waals surface area contributed by atoms with Gasteiger partial charge in [-0.15, -0.1) is 5.10 Å². The van der Waals surface area contributed by atoms with Crippen molar-refractivity contribution in [1.29, 1.82) is 0 Å². The van der Waals surface area contributed by atoms with Crippen LogP contribution in [0.4, 0.5) is 5.95 Å². The average molecular weight is 596 g/mol. The predicted molar refractivity (Wildman–Crippen MR) is 159 cm³/mol. The highest BCUT2D eigenvalue weighted by molar-refractivity contribution is 7.99. The zero-order valence-electron chi connectivity index (χ0n) is 22.1. The van der Waals surface area contributed by atoms with Gasteiger partial charge in [0.2, 0.25) is 11.1 Å². The number of carbonyl (C=O) groups excluding carboxylic acids is 1. The average Bonchev–Trinajstić information content (AvgIpc) is 3.36. The number of benzene rings is 3. The lowest BCUT2D eigenvalue weighted by Gasteiger charge is -2.28. The number of fused-ring (bicyclic) bond motifs is 1. The van der Waals surface area contributed by atoms with E-state index in [9.17, 15) is 4.79 Å². The molecule has 206 valence electrons. The molecule has 1 aliphatic rings. The van der Waals surface area contributed by atoms with E-state index in [0.29, 0.717) is 44.8 Å². The van der Waals surface area contributed by atoms with Crippen LogP contribution in [0.3, 0.4) is 0 Å². The van der Waals surface area contributed by atoms with E-state index in [4.69, 9.17) is 37.8 Å². The van der Waals surface area contributed by atoms with Gasteiger partial charge in [0.1, 0.15) is 25.0 Å². The summed E-state index contributed by atoms with van der Waals surface area (Å²) in [5.41, 5.74) is 3.74. The molecule has 0 fully saturated rings. The topological polar surface area (TPSA) is 78.3 Å². The van der Waals surface area contributed by atoms with Gasteiger partial charge < -0.3 is 14.8 Å². The molecule has 7 nitrogen and oxygen atoms in total. The number of allylic oxidation sites excluding steroid dienone is 1. The summed E-state index contributed by atoms with van der Waals surface area (Å²) in [7, 11) is 0. The first-order valence-corrected chi connectivity index (χ1v) is 14.6. The largest absolute Gasteiger partial charge is 0.489 e. The van der Waals surface area contributed by atoms with Gasteiger partial charge in [-0.25, -0.2) is 9.48 Å². The van der Waals surface area contributed by atoms with Gasteiger partial charge in [0.25, 0.3) is 0 Å². The van der Waals surface area contributed by atoms with E-state index in [1.165, 1.54) is 0 Å². The van der Waals surface area contributed by atoms with Gasteiger partial charge in [0, 0.05) is 27.1 Å². The number of hydrogen-bond donors (Lipinski definition) is 1. The Hall–Kier alpha value is -3.46. The van der Waals surface area contributed by atoms with E-state index in [0.717, 1.165) is 28.9 Å². The van der Waals surface area contributed by atoms with Gasteiger partial charge >= 0.3 is 5.97 Å². The maximum absolute atomic E-state index is 13.5. The molecule has 2 heterocycles. The van der Waals surface area contributed by atoms with E-state index < -0.39 is 12.0 Å². The highest BCUT2D eigenvalue weighted by Gasteiger charge is 2.35. The lowest BCUT2D eigenvalue weighted by Crippen LogP contribution is -2.29. The van der Waals surface area contributed by atoms with Crippen LogP contribution in [0, 0.1) is 0 Å². The molecule has 4 aromatic rings. The monoisotopic (exact) mass is 594 g/mol. The first-order chi connectivity index (χ1) is 19.4. The van der Waals surface area contributed by atoms with Crippen molar-refractivity contribution in [3.8, 4) is 5.75 Å². The van der Waals surface area contributed by atoms with E-state index in [-0.39, 0.29) is 6.61 Å². The molecule has 10 heteroatoms. The molecule has 0 spiro atoms. The van der Waals surface area contributed by atoms with E-state index in [1.54, 1.807) is 28.6 Å². The summed E-state index contributed by atoms with van der Waals surface area (Å²) < 4.78 is 13.5. The summed E-state index contributed by atoms with van der Waals surface area (Å²) in [6, 6.07) is 22.0. The highest BCUT2D eigenvalue weighted by Crippen LogP contribution is 2.37. The van der Waals surface area contributed by atoms with Crippen molar-refractivity contribution >= 4 is 46.9 Å². The van der Waals surface area contributed by atoms with Crippen molar-refractivity contribution in [1.82, 2.24) is 14.8 Å². The third-order valence-electron chi connectivity index (χ3n) is 6.31. The second-order valence-electron chi connectivity index (χ2n) is 9.23. The summed E-state index contributed by atoms with van der Waals surface area (Å²) in [5, 5.41) is 9.78. The maximum atomic E-state index is 13.5. The minimum Gasteiger partial charge on any atom is -0.489 e. The Balaban J connectivity index is 1.41. The van der Waals surface area contributed by atoms with Gasteiger partial charge in [-0.2, -0.15) is 4.98 Å². The van der Waals surface area contributed by atoms with E-state index in [2.05, 4.69) is 17.2 Å². The van der Waals surface area contributed by atoms with E-state index >= 15 is 0 Å². The SMILES string of the molecule is CCCSc1nc2n(n1)C(c1ccc(OCc3ccc(Cl)cc3Cl)cc1)C(C(=O)OCc1ccccc1)=C(C)N2. The van der Waals surface area contributed by atoms with Crippen LogP contribution >= 0.6 is 35.0 Å². The maximum Gasteiger partial charge on any atom is 0.338 e. The lowest BCUT2D eigenvalue weighted by atomic mass is 9.95. The Morgan fingerprint density at radius 1 is 1.05 bits per heavy atom. The minimum atomic E-state index is -0.525. The van der Waals surface area contributed by atoms with Crippen LogP contribution in [0.1, 0.15) is 43.0 Å². The second kappa shape index (κ2) is 12.8. The minimum absolute atomic E-state index is 0.172. The van der Waals surface area contributed by atoms with Crippen molar-refractivity contribution in [3.05, 3.63) is 111 Å². The zero-order chi connectivity index (χ0) is 28.1. The van der Waals surface area contributed by atoms with Gasteiger partial charge in [0.05, 0.1) is 5.57 Å². The Morgan fingerprint density at radius 2 is 1.82 bits per heavy atom. The smallest absolute Gasteiger partial charge is 0.338 e. The number of esters is 1. The zero-order valence-corrected chi connectivity index (χ0v) is 24.4. The summed E-state index contributed by atoms with van der Waals surface area (Å²) in [5.74, 6) is 1.73. The van der Waals surface area contributed by atoms with Gasteiger partial charge in [-0.3, -0.25) is 0 Å². The molecule has 1 aliphatic heterocycles. The van der Waals surface area contributed by atoms with E-state index in [1.807, 2.05) is 67.6 Å². The Labute approximate surface area is 247 Å². The number of thioether (sulfide) groups is 1. The number of halogens is 2. The van der Waals surface area contributed by atoms with Gasteiger partial charge in [0.15, 0.2) is 0 Å². The standard InChI is InChI=1S/C30H28Cl2N4O3S/c1-3-15-40-30-34-29-33-19(2)26(28(37)39-17-20-7-5-4-6-8-20)27(36(29)35-30)21-10-13-24(14-11-21)38-18-22-9-12-23(31)16-25(22)32/h4-14,16,27H,3,15,17-18H2,1-2H3,(H,33,34,35). The predicted octanol–water partition coefficient (Wildman–Crippen LogP) is 7.70. The number of rotatable bonds is 10. The van der Waals surface area contributed by atoms with Crippen LogP contribution in [0.2, 0.25) is 10.0 Å². The van der Waals surface area contributed by atoms with Crippen LogP contribution in [-0.4, -0.2) is 26.5 Å². The molecular weight excluding hydrogens is 567 g/mol. The quantitative estimate of drug-likeness (QED) is 0.149. The summed E-state index contributed by atoms with van der Waals surface area (Å²) >= 11 is 13.9. The third-order valence-corrected chi connectivity index (χ3v) is 7.94. The van der Waals surface area contributed by atoms with Crippen molar-refractivity contribution in [2.24, 2.45) is 0 Å². The fourth-order valence-corrected chi connectivity index (χ4v) is 5.45. The molecular formula is C30H28Cl2N4O3S. The number of ether oxygens (including phenoxy) is 2. The molecule has 3 aromatic carbocycles. The molecule has 0 saturated heterocycles. The molecule has 1 unspecified atom stereocenters. The molecule has 0 bridgehead atoms. The van der Waals surface area contributed by atoms with Crippen LogP contribution in [0.5, 0.6) is 5.75 Å². The Bertz CT molecular complexity index is 1520. The molecule has 1 N–H and O–H groups in total. The molecule has 0 aliphatic carbocycles. The number of carbonyl (C=O) groups is 1. The van der Waals surface area contributed by atoms with Crippen molar-refractivity contribution < 1.29 is 14.3 Å². The van der Waals surface area contributed by atoms with Gasteiger partial charge in [-0.05, 0) is 48.7 Å². The first kappa shape index (κ1) is 28.1. The molecule has 40 heavy (non-hydrogen) atoms. The molecule has 5 rings (SSSR count). The van der Waals surface area contributed by atoms with Crippen LogP contribution in [0.25, 0.3) is 0 Å². The summed E-state index contributed by atoms with van der Waals surface area (Å²) in [6.45, 7) is 4.44. The second-order valence-corrected chi connectivity index (χ2v) is 11.1. The van der Waals surface area contributed by atoms with Gasteiger partial charge in [-0.1, -0.05) is 90.4 Å². The first-order valence-electron chi connectivity index (χ1n) is 12.9.